The predicted octanol–water partition coefficient (Wildman–Crippen LogP) is 2.27. The number of rotatable bonds is 6. The molecule has 106 valence electrons. The fourth-order valence-electron chi connectivity index (χ4n) is 2.61. The minimum Gasteiger partial charge on any atom is -0.475 e. The summed E-state index contributed by atoms with van der Waals surface area (Å²) in [5.74, 6) is -1.01. The van der Waals surface area contributed by atoms with E-state index in [1.54, 1.807) is 6.07 Å². The van der Waals surface area contributed by atoms with E-state index >= 15 is 0 Å². The summed E-state index contributed by atoms with van der Waals surface area (Å²) in [5, 5.41) is 12.4. The van der Waals surface area contributed by atoms with Crippen molar-refractivity contribution in [3.63, 3.8) is 0 Å². The third-order valence-electron chi connectivity index (χ3n) is 4.03. The average Bonchev–Trinajstić information content (AvgIpc) is 2.81. The van der Waals surface area contributed by atoms with Crippen LogP contribution in [-0.2, 0) is 11.3 Å². The van der Waals surface area contributed by atoms with Crippen LogP contribution >= 0.6 is 0 Å². The summed E-state index contributed by atoms with van der Waals surface area (Å²) in [7, 11) is 0. The van der Waals surface area contributed by atoms with Crippen LogP contribution < -0.4 is 5.32 Å². The van der Waals surface area contributed by atoms with Gasteiger partial charge in [0.05, 0.1) is 12.4 Å². The van der Waals surface area contributed by atoms with Crippen LogP contribution in [0.2, 0.25) is 0 Å². The van der Waals surface area contributed by atoms with Gasteiger partial charge < -0.3 is 19.6 Å². The first-order valence-electron chi connectivity index (χ1n) is 6.61. The maximum absolute atomic E-state index is 10.9. The molecule has 1 aliphatic carbocycles. The van der Waals surface area contributed by atoms with Gasteiger partial charge in [-0.1, -0.05) is 13.8 Å². The molecule has 19 heavy (non-hydrogen) atoms. The van der Waals surface area contributed by atoms with Gasteiger partial charge >= 0.3 is 5.97 Å². The Kier molecular flexibility index (Phi) is 3.96. The third kappa shape index (κ3) is 2.67. The highest BCUT2D eigenvalue weighted by Crippen LogP contribution is 2.42. The van der Waals surface area contributed by atoms with Gasteiger partial charge in [0.15, 0.2) is 0 Å². The van der Waals surface area contributed by atoms with Gasteiger partial charge in [-0.2, -0.15) is 0 Å². The number of hydrogen-bond donors (Lipinski definition) is 2. The molecule has 2 atom stereocenters. The highest BCUT2D eigenvalue weighted by Gasteiger charge is 2.48. The van der Waals surface area contributed by atoms with Crippen LogP contribution in [-0.4, -0.2) is 29.8 Å². The fraction of sp³-hybridized carbons (Fsp3) is 0.643. The van der Waals surface area contributed by atoms with Crippen LogP contribution in [0.1, 0.15) is 43.3 Å². The SMILES string of the molecule is CCOC1CC(NCc2ccoc2C(=O)O)C1(C)C. The van der Waals surface area contributed by atoms with Gasteiger partial charge in [-0.25, -0.2) is 4.79 Å². The molecular formula is C14H21NO4. The Labute approximate surface area is 112 Å². The van der Waals surface area contributed by atoms with Gasteiger partial charge in [-0.05, 0) is 19.4 Å². The molecule has 2 N–H and O–H groups in total. The van der Waals surface area contributed by atoms with Crippen molar-refractivity contribution in [2.45, 2.75) is 45.9 Å². The molecule has 1 aromatic rings. The molecule has 5 nitrogen and oxygen atoms in total. The lowest BCUT2D eigenvalue weighted by atomic mass is 9.64. The van der Waals surface area contributed by atoms with Gasteiger partial charge in [-0.15, -0.1) is 0 Å². The van der Waals surface area contributed by atoms with E-state index in [0.29, 0.717) is 18.2 Å². The van der Waals surface area contributed by atoms with Crippen LogP contribution in [0.25, 0.3) is 0 Å². The van der Waals surface area contributed by atoms with E-state index < -0.39 is 5.97 Å². The molecule has 0 bridgehead atoms. The fourth-order valence-corrected chi connectivity index (χ4v) is 2.61. The van der Waals surface area contributed by atoms with Crippen LogP contribution in [0.3, 0.4) is 0 Å². The Morgan fingerprint density at radius 1 is 1.63 bits per heavy atom. The predicted molar refractivity (Wildman–Crippen MR) is 70.1 cm³/mol. The number of carbonyl (C=O) groups is 1. The number of hydrogen-bond acceptors (Lipinski definition) is 4. The lowest BCUT2D eigenvalue weighted by molar-refractivity contribution is -0.114. The molecule has 5 heteroatoms. The maximum Gasteiger partial charge on any atom is 0.372 e. The Hall–Kier alpha value is -1.33. The number of ether oxygens (including phenoxy) is 1. The maximum atomic E-state index is 10.9. The summed E-state index contributed by atoms with van der Waals surface area (Å²) in [6.45, 7) is 7.57. The summed E-state index contributed by atoms with van der Waals surface area (Å²) < 4.78 is 10.6. The second-order valence-electron chi connectivity index (χ2n) is 5.51. The van der Waals surface area contributed by atoms with Gasteiger partial charge in [0.2, 0.25) is 5.76 Å². The van der Waals surface area contributed by atoms with Crippen molar-refractivity contribution in [2.75, 3.05) is 6.61 Å². The Morgan fingerprint density at radius 3 is 2.95 bits per heavy atom. The standard InChI is InChI=1S/C14H21NO4/c1-4-18-11-7-10(14(11,2)3)15-8-9-5-6-19-12(9)13(16)17/h5-6,10-11,15H,4,7-8H2,1-3H3,(H,16,17). The van der Waals surface area contributed by atoms with Crippen LogP contribution in [0, 0.1) is 5.41 Å². The number of nitrogens with one attached hydrogen (secondary N) is 1. The third-order valence-corrected chi connectivity index (χ3v) is 4.03. The molecule has 1 saturated carbocycles. The van der Waals surface area contributed by atoms with E-state index in [1.165, 1.54) is 6.26 Å². The molecule has 1 fully saturated rings. The molecular weight excluding hydrogens is 246 g/mol. The summed E-state index contributed by atoms with van der Waals surface area (Å²) >= 11 is 0. The molecule has 1 aliphatic rings. The van der Waals surface area contributed by atoms with Gasteiger partial charge in [-0.3, -0.25) is 0 Å². The average molecular weight is 267 g/mol. The number of carboxylic acids is 1. The first-order chi connectivity index (χ1) is 8.96. The smallest absolute Gasteiger partial charge is 0.372 e. The molecule has 0 aromatic carbocycles. The van der Waals surface area contributed by atoms with Crippen molar-refractivity contribution in [3.05, 3.63) is 23.7 Å². The van der Waals surface area contributed by atoms with E-state index in [2.05, 4.69) is 19.2 Å². The zero-order valence-electron chi connectivity index (χ0n) is 11.6. The zero-order valence-corrected chi connectivity index (χ0v) is 11.6. The second kappa shape index (κ2) is 5.35. The molecule has 0 spiro atoms. The van der Waals surface area contributed by atoms with E-state index in [0.717, 1.165) is 13.0 Å². The van der Waals surface area contributed by atoms with E-state index in [1.807, 2.05) is 6.92 Å². The van der Waals surface area contributed by atoms with Crippen molar-refractivity contribution in [1.29, 1.82) is 0 Å². The molecule has 2 rings (SSSR count). The Bertz CT molecular complexity index is 452. The zero-order chi connectivity index (χ0) is 14.0. The minimum atomic E-state index is -1.03. The first kappa shape index (κ1) is 14.1. The molecule has 2 unspecified atom stereocenters. The second-order valence-corrected chi connectivity index (χ2v) is 5.51. The molecule has 1 heterocycles. The van der Waals surface area contributed by atoms with Crippen molar-refractivity contribution in [3.8, 4) is 0 Å². The molecule has 1 aromatic heterocycles. The van der Waals surface area contributed by atoms with Crippen LogP contribution in [0.15, 0.2) is 16.7 Å². The van der Waals surface area contributed by atoms with Gasteiger partial charge in [0.25, 0.3) is 0 Å². The summed E-state index contributed by atoms with van der Waals surface area (Å²) in [4.78, 5) is 10.9. The first-order valence-corrected chi connectivity index (χ1v) is 6.61. The van der Waals surface area contributed by atoms with Gasteiger partial charge in [0, 0.05) is 30.2 Å². The van der Waals surface area contributed by atoms with Crippen molar-refractivity contribution in [2.24, 2.45) is 5.41 Å². The van der Waals surface area contributed by atoms with E-state index in [9.17, 15) is 4.79 Å². The molecule has 0 amide bonds. The highest BCUT2D eigenvalue weighted by atomic mass is 16.5. The monoisotopic (exact) mass is 267 g/mol. The summed E-state index contributed by atoms with van der Waals surface area (Å²) in [6, 6.07) is 2.03. The molecule has 0 saturated heterocycles. The molecule has 0 radical (unpaired) electrons. The van der Waals surface area contributed by atoms with E-state index in [4.69, 9.17) is 14.3 Å². The highest BCUT2D eigenvalue weighted by molar-refractivity contribution is 5.86. The molecule has 0 aliphatic heterocycles. The Morgan fingerprint density at radius 2 is 2.37 bits per heavy atom. The summed E-state index contributed by atoms with van der Waals surface area (Å²) in [5.41, 5.74) is 0.756. The normalized spacial score (nSPS) is 25.0. The summed E-state index contributed by atoms with van der Waals surface area (Å²) in [6.07, 6.45) is 2.65. The van der Waals surface area contributed by atoms with Gasteiger partial charge in [0.1, 0.15) is 0 Å². The largest absolute Gasteiger partial charge is 0.475 e. The topological polar surface area (TPSA) is 71.7 Å². The van der Waals surface area contributed by atoms with Crippen LogP contribution in [0.4, 0.5) is 0 Å². The minimum absolute atomic E-state index is 0.0194. The van der Waals surface area contributed by atoms with Crippen molar-refractivity contribution >= 4 is 5.97 Å². The van der Waals surface area contributed by atoms with E-state index in [-0.39, 0.29) is 17.3 Å². The lowest BCUT2D eigenvalue weighted by Crippen LogP contribution is -2.60. The van der Waals surface area contributed by atoms with Crippen LogP contribution in [0.5, 0.6) is 0 Å². The quantitative estimate of drug-likeness (QED) is 0.827. The Balaban J connectivity index is 1.90. The number of furan rings is 1. The number of carboxylic acid groups (broad SMARTS) is 1. The van der Waals surface area contributed by atoms with Crippen molar-refractivity contribution < 1.29 is 19.1 Å². The number of aromatic carboxylic acids is 1. The van der Waals surface area contributed by atoms with Crippen molar-refractivity contribution in [1.82, 2.24) is 5.32 Å². The lowest BCUT2D eigenvalue weighted by Gasteiger charge is -2.52.